The van der Waals surface area contributed by atoms with Gasteiger partial charge in [-0.2, -0.15) is 0 Å². The van der Waals surface area contributed by atoms with Crippen LogP contribution in [0.4, 0.5) is 0 Å². The zero-order valence-corrected chi connectivity index (χ0v) is 7.71. The van der Waals surface area contributed by atoms with Gasteiger partial charge in [0.05, 0.1) is 5.92 Å². The van der Waals surface area contributed by atoms with Crippen molar-refractivity contribution in [1.29, 1.82) is 0 Å². The van der Waals surface area contributed by atoms with E-state index < -0.39 is 5.97 Å². The maximum Gasteiger partial charge on any atom is 0.306 e. The first-order chi connectivity index (χ1) is 5.65. The third-order valence-electron chi connectivity index (χ3n) is 2.92. The lowest BCUT2D eigenvalue weighted by Gasteiger charge is -2.31. The summed E-state index contributed by atoms with van der Waals surface area (Å²) in [6.45, 7) is 2.03. The van der Waals surface area contributed by atoms with E-state index in [0.717, 1.165) is 19.3 Å². The third-order valence-corrected chi connectivity index (χ3v) is 2.92. The number of hydrogen-bond donors (Lipinski definition) is 2. The van der Waals surface area contributed by atoms with Crippen LogP contribution in [-0.2, 0) is 4.79 Å². The summed E-state index contributed by atoms with van der Waals surface area (Å²) in [7, 11) is 1.90. The topological polar surface area (TPSA) is 49.3 Å². The van der Waals surface area contributed by atoms with Crippen molar-refractivity contribution in [2.75, 3.05) is 7.05 Å². The van der Waals surface area contributed by atoms with E-state index in [-0.39, 0.29) is 5.92 Å². The summed E-state index contributed by atoms with van der Waals surface area (Å²) < 4.78 is 0. The molecule has 0 aromatic carbocycles. The molecule has 3 unspecified atom stereocenters. The number of hydrogen-bond acceptors (Lipinski definition) is 2. The molecule has 0 aromatic heterocycles. The highest BCUT2D eigenvalue weighted by Crippen LogP contribution is 2.29. The highest BCUT2D eigenvalue weighted by atomic mass is 16.4. The Kier molecular flexibility index (Phi) is 3.09. The lowest BCUT2D eigenvalue weighted by Crippen LogP contribution is -2.38. The van der Waals surface area contributed by atoms with Crippen LogP contribution < -0.4 is 5.32 Å². The van der Waals surface area contributed by atoms with Gasteiger partial charge in [-0.1, -0.05) is 6.92 Å². The molecule has 0 saturated heterocycles. The van der Waals surface area contributed by atoms with Gasteiger partial charge in [0, 0.05) is 6.04 Å². The molecule has 3 heteroatoms. The standard InChI is InChI=1S/C9H17NO2/c1-6-3-4-7(10-2)5-8(6)9(11)12/h6-8,10H,3-5H2,1-2H3,(H,11,12). The Bertz CT molecular complexity index is 170. The molecule has 12 heavy (non-hydrogen) atoms. The smallest absolute Gasteiger partial charge is 0.306 e. The normalized spacial score (nSPS) is 36.3. The van der Waals surface area contributed by atoms with E-state index in [4.69, 9.17) is 5.11 Å². The Labute approximate surface area is 73.2 Å². The number of carboxylic acid groups (broad SMARTS) is 1. The highest BCUT2D eigenvalue weighted by molar-refractivity contribution is 5.70. The van der Waals surface area contributed by atoms with Crippen LogP contribution in [-0.4, -0.2) is 24.2 Å². The van der Waals surface area contributed by atoms with Crippen molar-refractivity contribution in [2.45, 2.75) is 32.2 Å². The fourth-order valence-electron chi connectivity index (χ4n) is 1.93. The predicted octanol–water partition coefficient (Wildman–Crippen LogP) is 1.10. The van der Waals surface area contributed by atoms with E-state index in [0.29, 0.717) is 12.0 Å². The Balaban J connectivity index is 2.53. The first-order valence-corrected chi connectivity index (χ1v) is 4.55. The van der Waals surface area contributed by atoms with E-state index in [1.165, 1.54) is 0 Å². The van der Waals surface area contributed by atoms with Gasteiger partial charge in [0.2, 0.25) is 0 Å². The molecule has 1 rings (SSSR count). The van der Waals surface area contributed by atoms with Crippen molar-refractivity contribution in [1.82, 2.24) is 5.32 Å². The quantitative estimate of drug-likeness (QED) is 0.654. The summed E-state index contributed by atoms with van der Waals surface area (Å²) in [5, 5.41) is 12.0. The summed E-state index contributed by atoms with van der Waals surface area (Å²) in [6.07, 6.45) is 2.93. The van der Waals surface area contributed by atoms with Crippen LogP contribution in [0.15, 0.2) is 0 Å². The number of carboxylic acids is 1. The lowest BCUT2D eigenvalue weighted by atomic mass is 9.78. The zero-order valence-electron chi connectivity index (χ0n) is 7.71. The van der Waals surface area contributed by atoms with Crippen LogP contribution >= 0.6 is 0 Å². The molecule has 3 atom stereocenters. The second-order valence-electron chi connectivity index (χ2n) is 3.72. The monoisotopic (exact) mass is 171 g/mol. The van der Waals surface area contributed by atoms with Gasteiger partial charge in [-0.15, -0.1) is 0 Å². The molecular weight excluding hydrogens is 154 g/mol. The molecule has 0 amide bonds. The molecule has 1 saturated carbocycles. The number of carbonyl (C=O) groups is 1. The second-order valence-corrected chi connectivity index (χ2v) is 3.72. The molecule has 0 bridgehead atoms. The molecule has 1 aliphatic carbocycles. The van der Waals surface area contributed by atoms with Crippen LogP contribution in [0.1, 0.15) is 26.2 Å². The molecule has 70 valence electrons. The first-order valence-electron chi connectivity index (χ1n) is 4.55. The van der Waals surface area contributed by atoms with E-state index in [9.17, 15) is 4.79 Å². The molecule has 0 radical (unpaired) electrons. The molecule has 3 nitrogen and oxygen atoms in total. The summed E-state index contributed by atoms with van der Waals surface area (Å²) in [5.41, 5.74) is 0. The lowest BCUT2D eigenvalue weighted by molar-refractivity contribution is -0.144. The maximum atomic E-state index is 10.8. The van der Waals surface area contributed by atoms with Crippen LogP contribution in [0.25, 0.3) is 0 Å². The van der Waals surface area contributed by atoms with Gasteiger partial charge < -0.3 is 10.4 Å². The van der Waals surface area contributed by atoms with Gasteiger partial charge in [-0.05, 0) is 32.2 Å². The van der Waals surface area contributed by atoms with E-state index >= 15 is 0 Å². The SMILES string of the molecule is CNC1CCC(C)C(C(=O)O)C1. The zero-order chi connectivity index (χ0) is 9.14. The summed E-state index contributed by atoms with van der Waals surface area (Å²) >= 11 is 0. The van der Waals surface area contributed by atoms with Crippen LogP contribution in [0.2, 0.25) is 0 Å². The van der Waals surface area contributed by atoms with Crippen LogP contribution in [0, 0.1) is 11.8 Å². The van der Waals surface area contributed by atoms with E-state index in [1.54, 1.807) is 0 Å². The molecule has 0 aliphatic heterocycles. The molecular formula is C9H17NO2. The molecule has 1 aliphatic rings. The minimum Gasteiger partial charge on any atom is -0.481 e. The Morgan fingerprint density at radius 2 is 2.17 bits per heavy atom. The Hall–Kier alpha value is -0.570. The number of nitrogens with one attached hydrogen (secondary N) is 1. The molecule has 0 heterocycles. The number of aliphatic carboxylic acids is 1. The van der Waals surface area contributed by atoms with Crippen LogP contribution in [0.5, 0.6) is 0 Å². The molecule has 2 N–H and O–H groups in total. The van der Waals surface area contributed by atoms with Gasteiger partial charge in [0.15, 0.2) is 0 Å². The van der Waals surface area contributed by atoms with Crippen molar-refractivity contribution in [3.8, 4) is 0 Å². The minimum absolute atomic E-state index is 0.142. The van der Waals surface area contributed by atoms with Crippen molar-refractivity contribution < 1.29 is 9.90 Å². The van der Waals surface area contributed by atoms with Gasteiger partial charge in [-0.3, -0.25) is 4.79 Å². The summed E-state index contributed by atoms with van der Waals surface area (Å²) in [5.74, 6) is -0.439. The van der Waals surface area contributed by atoms with Crippen LogP contribution in [0.3, 0.4) is 0 Å². The minimum atomic E-state index is -0.637. The number of rotatable bonds is 2. The molecule has 0 aromatic rings. The van der Waals surface area contributed by atoms with Crippen molar-refractivity contribution in [2.24, 2.45) is 11.8 Å². The Morgan fingerprint density at radius 3 is 2.67 bits per heavy atom. The van der Waals surface area contributed by atoms with Gasteiger partial charge >= 0.3 is 5.97 Å². The molecule has 1 fully saturated rings. The van der Waals surface area contributed by atoms with Gasteiger partial charge in [0.25, 0.3) is 0 Å². The van der Waals surface area contributed by atoms with E-state index in [1.807, 2.05) is 14.0 Å². The molecule has 0 spiro atoms. The van der Waals surface area contributed by atoms with Crippen molar-refractivity contribution in [3.05, 3.63) is 0 Å². The fraction of sp³-hybridized carbons (Fsp3) is 0.889. The predicted molar refractivity (Wildman–Crippen MR) is 47.0 cm³/mol. The Morgan fingerprint density at radius 1 is 1.50 bits per heavy atom. The summed E-state index contributed by atoms with van der Waals surface area (Å²) in [6, 6.07) is 0.405. The van der Waals surface area contributed by atoms with E-state index in [2.05, 4.69) is 5.32 Å². The first kappa shape index (κ1) is 9.52. The van der Waals surface area contributed by atoms with Crippen molar-refractivity contribution >= 4 is 5.97 Å². The highest BCUT2D eigenvalue weighted by Gasteiger charge is 2.31. The fourth-order valence-corrected chi connectivity index (χ4v) is 1.93. The average Bonchev–Trinajstić information content (AvgIpc) is 2.05. The largest absolute Gasteiger partial charge is 0.481 e. The van der Waals surface area contributed by atoms with Crippen molar-refractivity contribution in [3.63, 3.8) is 0 Å². The van der Waals surface area contributed by atoms with Gasteiger partial charge in [-0.25, -0.2) is 0 Å². The maximum absolute atomic E-state index is 10.8. The summed E-state index contributed by atoms with van der Waals surface area (Å²) in [4.78, 5) is 10.8. The second kappa shape index (κ2) is 3.90. The third kappa shape index (κ3) is 1.97. The van der Waals surface area contributed by atoms with Gasteiger partial charge in [0.1, 0.15) is 0 Å². The average molecular weight is 171 g/mol.